The molecule has 1 saturated heterocycles. The maximum atomic E-state index is 9.86. The normalized spacial score (nSPS) is 20.9. The van der Waals surface area contributed by atoms with E-state index in [1.807, 2.05) is 24.4 Å². The first-order valence-electron chi connectivity index (χ1n) is 13.2. The predicted octanol–water partition coefficient (Wildman–Crippen LogP) is 4.90. The average Bonchev–Trinajstić information content (AvgIpc) is 3.29. The number of pyridine rings is 1. The van der Waals surface area contributed by atoms with Gasteiger partial charge in [-0.25, -0.2) is 15.0 Å². The molecule has 0 atom stereocenters. The summed E-state index contributed by atoms with van der Waals surface area (Å²) in [6.45, 7) is 1.97. The van der Waals surface area contributed by atoms with Gasteiger partial charge in [-0.1, -0.05) is 48.5 Å². The highest BCUT2D eigenvalue weighted by Gasteiger charge is 2.38. The molecule has 1 aliphatic carbocycles. The van der Waals surface area contributed by atoms with Crippen LogP contribution in [0.4, 0.5) is 5.82 Å². The van der Waals surface area contributed by atoms with Crippen molar-refractivity contribution in [3.63, 3.8) is 0 Å². The van der Waals surface area contributed by atoms with E-state index in [0.717, 1.165) is 83.5 Å². The molecule has 2 aliphatic rings. The van der Waals surface area contributed by atoms with Crippen molar-refractivity contribution in [2.45, 2.75) is 43.7 Å². The summed E-state index contributed by atoms with van der Waals surface area (Å²) in [5.74, 6) is 1.92. The number of likely N-dealkylation sites (tertiary alicyclic amines) is 1. The van der Waals surface area contributed by atoms with Crippen LogP contribution in [-0.2, 0) is 0 Å². The summed E-state index contributed by atoms with van der Waals surface area (Å²) in [6.07, 6.45) is 7.51. The molecular weight excluding hydrogens is 460 g/mol. The molecule has 0 unspecified atom stereocenters. The Morgan fingerprint density at radius 2 is 1.68 bits per heavy atom. The van der Waals surface area contributed by atoms with Gasteiger partial charge in [0.05, 0.1) is 17.3 Å². The van der Waals surface area contributed by atoms with Gasteiger partial charge in [-0.15, -0.1) is 0 Å². The molecular formula is C30H30N6O. The molecule has 1 aliphatic heterocycles. The molecule has 186 valence electrons. The summed E-state index contributed by atoms with van der Waals surface area (Å²) in [5, 5.41) is 11.0. The Bertz CT molecular complexity index is 1580. The number of hydrogen-bond donors (Lipinski definition) is 2. The van der Waals surface area contributed by atoms with Crippen LogP contribution in [-0.4, -0.2) is 54.6 Å². The zero-order chi connectivity index (χ0) is 24.9. The van der Waals surface area contributed by atoms with Crippen LogP contribution in [0.5, 0.6) is 0 Å². The standard InChI is InChI=1S/C30H30N6O/c31-29-28-27(21-7-6-20-8-9-25(33-26(20)18-21)19-4-2-1-3-5-19)34-30(36(28)15-12-32-29)22-16-23(17-22)35-13-10-24(37)11-14-35/h1-9,12,15,18,22-24,37H,10-11,13-14,16-17H2,(H2,31,32)/t22-,23+. The maximum absolute atomic E-state index is 9.86. The second-order valence-electron chi connectivity index (χ2n) is 10.4. The van der Waals surface area contributed by atoms with Crippen LogP contribution in [0.2, 0.25) is 0 Å². The molecule has 5 aromatic rings. The van der Waals surface area contributed by atoms with Gasteiger partial charge in [-0.3, -0.25) is 4.40 Å². The van der Waals surface area contributed by atoms with Crippen molar-refractivity contribution in [2.75, 3.05) is 18.8 Å². The van der Waals surface area contributed by atoms with Crippen LogP contribution in [0, 0.1) is 0 Å². The van der Waals surface area contributed by atoms with Crippen molar-refractivity contribution in [3.05, 3.63) is 78.9 Å². The Balaban J connectivity index is 1.24. The molecule has 7 rings (SSSR count). The smallest absolute Gasteiger partial charge is 0.150 e. The van der Waals surface area contributed by atoms with Gasteiger partial charge < -0.3 is 15.7 Å². The number of nitrogens with zero attached hydrogens (tertiary/aromatic N) is 5. The van der Waals surface area contributed by atoms with E-state index in [2.05, 4.69) is 56.7 Å². The fourth-order valence-electron chi connectivity index (χ4n) is 5.96. The number of piperidine rings is 1. The number of benzene rings is 2. The molecule has 0 spiro atoms. The highest BCUT2D eigenvalue weighted by molar-refractivity contribution is 5.91. The number of imidazole rings is 1. The van der Waals surface area contributed by atoms with Gasteiger partial charge in [-0.05, 0) is 37.8 Å². The van der Waals surface area contributed by atoms with Gasteiger partial charge in [-0.2, -0.15) is 0 Å². The lowest BCUT2D eigenvalue weighted by Gasteiger charge is -2.44. The maximum Gasteiger partial charge on any atom is 0.150 e. The molecule has 0 radical (unpaired) electrons. The minimum absolute atomic E-state index is 0.137. The molecule has 2 fully saturated rings. The Morgan fingerprint density at radius 1 is 0.892 bits per heavy atom. The van der Waals surface area contributed by atoms with Crippen LogP contribution in [0.3, 0.4) is 0 Å². The molecule has 7 nitrogen and oxygen atoms in total. The number of hydrogen-bond acceptors (Lipinski definition) is 6. The van der Waals surface area contributed by atoms with Crippen LogP contribution in [0.25, 0.3) is 38.9 Å². The Hall–Kier alpha value is -3.81. The summed E-state index contributed by atoms with van der Waals surface area (Å²) in [4.78, 5) is 17.1. The summed E-state index contributed by atoms with van der Waals surface area (Å²) in [6, 6.07) is 21.3. The van der Waals surface area contributed by atoms with E-state index in [-0.39, 0.29) is 6.10 Å². The minimum Gasteiger partial charge on any atom is -0.393 e. The molecule has 0 bridgehead atoms. The van der Waals surface area contributed by atoms with Crippen LogP contribution < -0.4 is 5.73 Å². The highest BCUT2D eigenvalue weighted by Crippen LogP contribution is 2.42. The molecule has 1 saturated carbocycles. The van der Waals surface area contributed by atoms with Crippen LogP contribution in [0.1, 0.15) is 37.4 Å². The van der Waals surface area contributed by atoms with E-state index >= 15 is 0 Å². The fraction of sp³-hybridized carbons (Fsp3) is 0.300. The van der Waals surface area contributed by atoms with Gasteiger partial charge in [0, 0.05) is 54.0 Å². The summed E-state index contributed by atoms with van der Waals surface area (Å²) in [7, 11) is 0. The van der Waals surface area contributed by atoms with Crippen LogP contribution in [0.15, 0.2) is 73.1 Å². The van der Waals surface area contributed by atoms with Crippen molar-refractivity contribution < 1.29 is 5.11 Å². The lowest BCUT2D eigenvalue weighted by atomic mass is 9.78. The Kier molecular flexibility index (Phi) is 5.41. The molecule has 3 N–H and O–H groups in total. The Morgan fingerprint density at radius 3 is 2.49 bits per heavy atom. The fourth-order valence-corrected chi connectivity index (χ4v) is 5.96. The predicted molar refractivity (Wildman–Crippen MR) is 146 cm³/mol. The minimum atomic E-state index is -0.137. The number of aromatic nitrogens is 4. The van der Waals surface area contributed by atoms with E-state index in [1.165, 1.54) is 0 Å². The van der Waals surface area contributed by atoms with Gasteiger partial charge in [0.2, 0.25) is 0 Å². The highest BCUT2D eigenvalue weighted by atomic mass is 16.3. The second-order valence-corrected chi connectivity index (χ2v) is 10.4. The van der Waals surface area contributed by atoms with Gasteiger partial charge in [0.1, 0.15) is 22.9 Å². The number of fused-ring (bicyclic) bond motifs is 2. The first kappa shape index (κ1) is 22.4. The zero-order valence-electron chi connectivity index (χ0n) is 20.7. The SMILES string of the molecule is Nc1nccn2c1c(-c1ccc3ccc(-c4ccccc4)nc3c1)nc2[C@H]1C[C@@H](N2CCC(O)CC2)C1. The molecule has 7 heteroatoms. The largest absolute Gasteiger partial charge is 0.393 e. The zero-order valence-corrected chi connectivity index (χ0v) is 20.7. The number of rotatable bonds is 4. The number of aliphatic hydroxyl groups excluding tert-OH is 1. The topological polar surface area (TPSA) is 92.6 Å². The van der Waals surface area contributed by atoms with E-state index in [0.29, 0.717) is 17.8 Å². The molecule has 2 aromatic carbocycles. The second kappa shape index (κ2) is 8.94. The molecule has 0 amide bonds. The lowest BCUT2D eigenvalue weighted by molar-refractivity contribution is 0.0301. The number of nitrogens with two attached hydrogens (primary N) is 1. The third-order valence-corrected chi connectivity index (χ3v) is 8.14. The number of aliphatic hydroxyl groups is 1. The lowest BCUT2D eigenvalue weighted by Crippen LogP contribution is -2.48. The van der Waals surface area contributed by atoms with Crippen molar-refractivity contribution >= 4 is 22.2 Å². The van der Waals surface area contributed by atoms with Crippen molar-refractivity contribution in [2.24, 2.45) is 0 Å². The van der Waals surface area contributed by atoms with Gasteiger partial charge in [0.15, 0.2) is 0 Å². The summed E-state index contributed by atoms with van der Waals surface area (Å²) >= 11 is 0. The van der Waals surface area contributed by atoms with Gasteiger partial charge in [0.25, 0.3) is 0 Å². The summed E-state index contributed by atoms with van der Waals surface area (Å²) in [5.41, 5.74) is 12.1. The Labute approximate surface area is 215 Å². The third-order valence-electron chi connectivity index (χ3n) is 8.14. The quantitative estimate of drug-likeness (QED) is 0.372. The van der Waals surface area contributed by atoms with E-state index in [1.54, 1.807) is 6.20 Å². The molecule has 3 aromatic heterocycles. The van der Waals surface area contributed by atoms with E-state index in [9.17, 15) is 5.11 Å². The molecule has 4 heterocycles. The number of nitrogen functional groups attached to an aromatic ring is 1. The average molecular weight is 491 g/mol. The van der Waals surface area contributed by atoms with Crippen molar-refractivity contribution in [3.8, 4) is 22.5 Å². The first-order chi connectivity index (χ1) is 18.1. The van der Waals surface area contributed by atoms with Gasteiger partial charge >= 0.3 is 0 Å². The van der Waals surface area contributed by atoms with E-state index < -0.39 is 0 Å². The third kappa shape index (κ3) is 3.95. The molecule has 37 heavy (non-hydrogen) atoms. The van der Waals surface area contributed by atoms with Crippen molar-refractivity contribution in [1.29, 1.82) is 0 Å². The van der Waals surface area contributed by atoms with Crippen molar-refractivity contribution in [1.82, 2.24) is 24.3 Å². The first-order valence-corrected chi connectivity index (χ1v) is 13.2. The van der Waals surface area contributed by atoms with E-state index in [4.69, 9.17) is 15.7 Å². The monoisotopic (exact) mass is 490 g/mol. The summed E-state index contributed by atoms with van der Waals surface area (Å²) < 4.78 is 2.14. The van der Waals surface area contributed by atoms with Crippen LogP contribution >= 0.6 is 0 Å². The number of anilines is 1.